The van der Waals surface area contributed by atoms with E-state index in [-0.39, 0.29) is 0 Å². The summed E-state index contributed by atoms with van der Waals surface area (Å²) in [4.78, 5) is 1.25. The second kappa shape index (κ2) is 3.72. The molecular formula is C11H12N2S. The molecule has 72 valence electrons. The zero-order valence-electron chi connectivity index (χ0n) is 7.95. The van der Waals surface area contributed by atoms with Crippen molar-refractivity contribution in [2.24, 2.45) is 0 Å². The van der Waals surface area contributed by atoms with Crippen LogP contribution < -0.4 is 11.1 Å². The van der Waals surface area contributed by atoms with Crippen molar-refractivity contribution in [1.29, 1.82) is 0 Å². The van der Waals surface area contributed by atoms with E-state index in [1.165, 1.54) is 10.4 Å². The Hall–Kier alpha value is -1.48. The summed E-state index contributed by atoms with van der Waals surface area (Å²) >= 11 is 1.72. The molecule has 0 aliphatic heterocycles. The largest absolute Gasteiger partial charge is 0.397 e. The van der Waals surface area contributed by atoms with Gasteiger partial charge in [0.1, 0.15) is 0 Å². The molecule has 2 aromatic rings. The molecule has 0 radical (unpaired) electrons. The van der Waals surface area contributed by atoms with Crippen LogP contribution in [0.2, 0.25) is 0 Å². The maximum Gasteiger partial charge on any atom is 0.0571 e. The van der Waals surface area contributed by atoms with E-state index in [9.17, 15) is 0 Å². The van der Waals surface area contributed by atoms with Crippen molar-refractivity contribution in [3.05, 3.63) is 35.7 Å². The van der Waals surface area contributed by atoms with Gasteiger partial charge < -0.3 is 11.1 Å². The second-order valence-corrected chi connectivity index (χ2v) is 3.98. The minimum atomic E-state index is 0.790. The van der Waals surface area contributed by atoms with E-state index in [2.05, 4.69) is 22.8 Å². The van der Waals surface area contributed by atoms with Crippen LogP contribution in [0.1, 0.15) is 0 Å². The molecule has 0 amide bonds. The highest BCUT2D eigenvalue weighted by Gasteiger charge is 2.01. The SMILES string of the molecule is CNc1ccc(-c2cccs2)cc1N. The number of nitrogen functional groups attached to an aromatic ring is 1. The van der Waals surface area contributed by atoms with E-state index in [4.69, 9.17) is 5.73 Å². The monoisotopic (exact) mass is 204 g/mol. The molecule has 1 aromatic heterocycles. The minimum absolute atomic E-state index is 0.790. The van der Waals surface area contributed by atoms with E-state index in [1.807, 2.05) is 25.2 Å². The van der Waals surface area contributed by atoms with E-state index in [0.717, 1.165) is 11.4 Å². The zero-order chi connectivity index (χ0) is 9.97. The van der Waals surface area contributed by atoms with Crippen LogP contribution in [-0.4, -0.2) is 7.05 Å². The van der Waals surface area contributed by atoms with Crippen LogP contribution in [0, 0.1) is 0 Å². The Kier molecular flexibility index (Phi) is 2.41. The lowest BCUT2D eigenvalue weighted by Crippen LogP contribution is -1.95. The van der Waals surface area contributed by atoms with Gasteiger partial charge in [0.05, 0.1) is 11.4 Å². The molecule has 0 aliphatic carbocycles. The second-order valence-electron chi connectivity index (χ2n) is 3.03. The van der Waals surface area contributed by atoms with Crippen LogP contribution in [0.4, 0.5) is 11.4 Å². The summed E-state index contributed by atoms with van der Waals surface area (Å²) in [7, 11) is 1.87. The van der Waals surface area contributed by atoms with Gasteiger partial charge in [-0.3, -0.25) is 0 Å². The Morgan fingerprint density at radius 1 is 1.29 bits per heavy atom. The fourth-order valence-electron chi connectivity index (χ4n) is 1.39. The third-order valence-electron chi connectivity index (χ3n) is 2.13. The Morgan fingerprint density at radius 2 is 2.14 bits per heavy atom. The third kappa shape index (κ3) is 1.59. The highest BCUT2D eigenvalue weighted by molar-refractivity contribution is 7.13. The first-order chi connectivity index (χ1) is 6.81. The van der Waals surface area contributed by atoms with Gasteiger partial charge in [0.25, 0.3) is 0 Å². The molecule has 1 aromatic carbocycles. The predicted molar refractivity (Wildman–Crippen MR) is 63.7 cm³/mol. The van der Waals surface area contributed by atoms with Crippen molar-refractivity contribution in [2.45, 2.75) is 0 Å². The molecule has 1 heterocycles. The molecule has 0 fully saturated rings. The quantitative estimate of drug-likeness (QED) is 0.738. The van der Waals surface area contributed by atoms with Gasteiger partial charge in [0.2, 0.25) is 0 Å². The molecule has 2 nitrogen and oxygen atoms in total. The standard InChI is InChI=1S/C11H12N2S/c1-13-10-5-4-8(7-9(10)12)11-3-2-6-14-11/h2-7,13H,12H2,1H3. The number of nitrogens with two attached hydrogens (primary N) is 1. The summed E-state index contributed by atoms with van der Waals surface area (Å²) in [6.07, 6.45) is 0. The first-order valence-corrected chi connectivity index (χ1v) is 5.30. The first kappa shape index (κ1) is 9.09. The smallest absolute Gasteiger partial charge is 0.0571 e. The summed E-state index contributed by atoms with van der Waals surface area (Å²) in [6.45, 7) is 0. The topological polar surface area (TPSA) is 38.0 Å². The first-order valence-electron chi connectivity index (χ1n) is 4.42. The number of benzene rings is 1. The van der Waals surface area contributed by atoms with E-state index < -0.39 is 0 Å². The highest BCUT2D eigenvalue weighted by atomic mass is 32.1. The number of hydrogen-bond donors (Lipinski definition) is 2. The molecule has 0 saturated heterocycles. The molecule has 3 heteroatoms. The lowest BCUT2D eigenvalue weighted by atomic mass is 10.1. The predicted octanol–water partition coefficient (Wildman–Crippen LogP) is 3.04. The zero-order valence-corrected chi connectivity index (χ0v) is 8.77. The van der Waals surface area contributed by atoms with Gasteiger partial charge in [0.15, 0.2) is 0 Å². The minimum Gasteiger partial charge on any atom is -0.397 e. The summed E-state index contributed by atoms with van der Waals surface area (Å²) in [5.41, 5.74) is 8.82. The molecular weight excluding hydrogens is 192 g/mol. The summed E-state index contributed by atoms with van der Waals surface area (Å²) in [5.74, 6) is 0. The summed E-state index contributed by atoms with van der Waals surface area (Å²) in [5, 5.41) is 5.11. The van der Waals surface area contributed by atoms with Crippen molar-refractivity contribution in [3.63, 3.8) is 0 Å². The Balaban J connectivity index is 2.43. The van der Waals surface area contributed by atoms with Gasteiger partial charge >= 0.3 is 0 Å². The Bertz CT molecular complexity index is 421. The number of anilines is 2. The van der Waals surface area contributed by atoms with Crippen molar-refractivity contribution >= 4 is 22.7 Å². The molecule has 0 bridgehead atoms. The normalized spacial score (nSPS) is 10.1. The molecule has 0 atom stereocenters. The maximum absolute atomic E-state index is 5.88. The van der Waals surface area contributed by atoms with Crippen molar-refractivity contribution < 1.29 is 0 Å². The van der Waals surface area contributed by atoms with Gasteiger partial charge in [-0.1, -0.05) is 12.1 Å². The number of nitrogens with one attached hydrogen (secondary N) is 1. The summed E-state index contributed by atoms with van der Waals surface area (Å²) < 4.78 is 0. The van der Waals surface area contributed by atoms with E-state index in [1.54, 1.807) is 11.3 Å². The number of hydrogen-bond acceptors (Lipinski definition) is 3. The van der Waals surface area contributed by atoms with Gasteiger partial charge in [0, 0.05) is 11.9 Å². The molecule has 2 rings (SSSR count). The van der Waals surface area contributed by atoms with Crippen LogP contribution in [0.25, 0.3) is 10.4 Å². The number of rotatable bonds is 2. The average Bonchev–Trinajstić information content (AvgIpc) is 2.70. The highest BCUT2D eigenvalue weighted by Crippen LogP contribution is 2.29. The lowest BCUT2D eigenvalue weighted by molar-refractivity contribution is 1.51. The van der Waals surface area contributed by atoms with Gasteiger partial charge in [-0.05, 0) is 29.1 Å². The molecule has 0 unspecified atom stereocenters. The molecule has 0 spiro atoms. The fourth-order valence-corrected chi connectivity index (χ4v) is 2.11. The van der Waals surface area contributed by atoms with Crippen LogP contribution in [0.5, 0.6) is 0 Å². The van der Waals surface area contributed by atoms with Crippen molar-refractivity contribution in [3.8, 4) is 10.4 Å². The molecule has 0 saturated carbocycles. The number of thiophene rings is 1. The van der Waals surface area contributed by atoms with Crippen LogP contribution in [0.3, 0.4) is 0 Å². The Morgan fingerprint density at radius 3 is 2.71 bits per heavy atom. The van der Waals surface area contributed by atoms with Crippen molar-refractivity contribution in [1.82, 2.24) is 0 Å². The van der Waals surface area contributed by atoms with E-state index in [0.29, 0.717) is 0 Å². The molecule has 3 N–H and O–H groups in total. The van der Waals surface area contributed by atoms with Gasteiger partial charge in [-0.2, -0.15) is 0 Å². The van der Waals surface area contributed by atoms with E-state index >= 15 is 0 Å². The molecule has 0 aliphatic rings. The van der Waals surface area contributed by atoms with Crippen LogP contribution in [-0.2, 0) is 0 Å². The third-order valence-corrected chi connectivity index (χ3v) is 3.05. The van der Waals surface area contributed by atoms with Crippen LogP contribution in [0.15, 0.2) is 35.7 Å². The van der Waals surface area contributed by atoms with Crippen molar-refractivity contribution in [2.75, 3.05) is 18.1 Å². The Labute approximate surface area is 87.4 Å². The summed E-state index contributed by atoms with van der Waals surface area (Å²) in [6, 6.07) is 10.2. The maximum atomic E-state index is 5.88. The van der Waals surface area contributed by atoms with Gasteiger partial charge in [-0.15, -0.1) is 11.3 Å². The average molecular weight is 204 g/mol. The fraction of sp³-hybridized carbons (Fsp3) is 0.0909. The van der Waals surface area contributed by atoms with Crippen LogP contribution >= 0.6 is 11.3 Å². The molecule has 14 heavy (non-hydrogen) atoms. The van der Waals surface area contributed by atoms with Gasteiger partial charge in [-0.25, -0.2) is 0 Å². The lowest BCUT2D eigenvalue weighted by Gasteiger charge is -2.06.